The number of anilines is 1. The maximum absolute atomic E-state index is 13.8. The number of para-hydroxylation sites is 1. The number of benzene rings is 1. The van der Waals surface area contributed by atoms with E-state index < -0.39 is 33.4 Å². The van der Waals surface area contributed by atoms with Gasteiger partial charge in [0.05, 0.1) is 29.2 Å². The summed E-state index contributed by atoms with van der Waals surface area (Å²) in [5, 5.41) is 15.9. The first-order valence-corrected chi connectivity index (χ1v) is 12.4. The van der Waals surface area contributed by atoms with E-state index >= 15 is 0 Å². The molecule has 2 bridgehead atoms. The van der Waals surface area contributed by atoms with Crippen molar-refractivity contribution in [1.29, 1.82) is 0 Å². The molecule has 1 aromatic rings. The van der Waals surface area contributed by atoms with Crippen LogP contribution in [-0.2, 0) is 14.4 Å². The standard InChI is InChI=1S/C24H33N3O4S/c1-4-5-13-25-21(30)19-24-12-11-23(3,32-24)17(18(24)22(31)27(19)15(2)14-28)20(29)26-16-9-7-6-8-10-16/h6-10,15,17-19,28H,4-5,11-14H2,1-3H3,(H,25,30)(H,26,29)/t15-,17-,18+,19?,23+,24?/m1/s1. The Hall–Kier alpha value is -2.06. The van der Waals surface area contributed by atoms with Gasteiger partial charge in [-0.3, -0.25) is 14.4 Å². The second-order valence-corrected chi connectivity index (χ2v) is 11.4. The zero-order valence-electron chi connectivity index (χ0n) is 19.0. The first-order valence-electron chi connectivity index (χ1n) is 11.6. The Bertz CT molecular complexity index is 896. The molecule has 8 heteroatoms. The maximum atomic E-state index is 13.8. The summed E-state index contributed by atoms with van der Waals surface area (Å²) in [4.78, 5) is 42.2. The lowest BCUT2D eigenvalue weighted by molar-refractivity contribution is -0.142. The second-order valence-electron chi connectivity index (χ2n) is 9.50. The Morgan fingerprint density at radius 2 is 1.97 bits per heavy atom. The number of thioether (sulfide) groups is 1. The molecule has 3 amide bonds. The van der Waals surface area contributed by atoms with E-state index in [2.05, 4.69) is 24.5 Å². The number of hydrogen-bond donors (Lipinski definition) is 3. The fourth-order valence-corrected chi connectivity index (χ4v) is 8.20. The molecular weight excluding hydrogens is 426 g/mol. The smallest absolute Gasteiger partial charge is 0.244 e. The number of fused-ring (bicyclic) bond motifs is 1. The van der Waals surface area contributed by atoms with E-state index in [1.807, 2.05) is 30.3 Å². The molecule has 3 aliphatic heterocycles. The Labute approximate surface area is 193 Å². The molecule has 3 N–H and O–H groups in total. The van der Waals surface area contributed by atoms with E-state index in [1.165, 1.54) is 0 Å². The molecule has 1 spiro atoms. The highest BCUT2D eigenvalue weighted by Crippen LogP contribution is 2.71. The van der Waals surface area contributed by atoms with E-state index in [4.69, 9.17) is 0 Å². The summed E-state index contributed by atoms with van der Waals surface area (Å²) in [6.45, 7) is 6.21. The number of likely N-dealkylation sites (tertiary alicyclic amines) is 1. The Morgan fingerprint density at radius 1 is 1.25 bits per heavy atom. The van der Waals surface area contributed by atoms with Crippen LogP contribution in [0.25, 0.3) is 0 Å². The third-order valence-corrected chi connectivity index (χ3v) is 9.34. The number of amides is 3. The van der Waals surface area contributed by atoms with Gasteiger partial charge < -0.3 is 20.6 Å². The molecule has 174 valence electrons. The zero-order chi connectivity index (χ0) is 23.1. The molecule has 3 heterocycles. The molecule has 32 heavy (non-hydrogen) atoms. The van der Waals surface area contributed by atoms with Gasteiger partial charge in [0, 0.05) is 17.0 Å². The van der Waals surface area contributed by atoms with E-state index in [1.54, 1.807) is 23.6 Å². The van der Waals surface area contributed by atoms with Crippen molar-refractivity contribution in [1.82, 2.24) is 10.2 Å². The fraction of sp³-hybridized carbons (Fsp3) is 0.625. The van der Waals surface area contributed by atoms with Crippen molar-refractivity contribution in [2.45, 2.75) is 68.0 Å². The van der Waals surface area contributed by atoms with Crippen molar-refractivity contribution in [2.24, 2.45) is 11.8 Å². The monoisotopic (exact) mass is 459 g/mol. The number of hydrogen-bond acceptors (Lipinski definition) is 5. The largest absolute Gasteiger partial charge is 0.394 e. The van der Waals surface area contributed by atoms with Crippen LogP contribution in [0, 0.1) is 11.8 Å². The molecule has 7 nitrogen and oxygen atoms in total. The molecule has 3 fully saturated rings. The van der Waals surface area contributed by atoms with Gasteiger partial charge in [-0.1, -0.05) is 31.5 Å². The third kappa shape index (κ3) is 3.52. The third-order valence-electron chi connectivity index (χ3n) is 7.36. The lowest BCUT2D eigenvalue weighted by Crippen LogP contribution is -2.56. The minimum Gasteiger partial charge on any atom is -0.394 e. The second kappa shape index (κ2) is 8.71. The molecule has 0 aliphatic carbocycles. The average Bonchev–Trinajstić information content (AvgIpc) is 3.34. The van der Waals surface area contributed by atoms with Crippen molar-refractivity contribution in [3.05, 3.63) is 30.3 Å². The fourth-order valence-electron chi connectivity index (χ4n) is 5.85. The predicted octanol–water partition coefficient (Wildman–Crippen LogP) is 2.40. The zero-order valence-corrected chi connectivity index (χ0v) is 19.8. The lowest BCUT2D eigenvalue weighted by atomic mass is 9.66. The van der Waals surface area contributed by atoms with Gasteiger partial charge in [-0.25, -0.2) is 0 Å². The van der Waals surface area contributed by atoms with Crippen molar-refractivity contribution in [3.8, 4) is 0 Å². The predicted molar refractivity (Wildman–Crippen MR) is 125 cm³/mol. The molecular formula is C24H33N3O4S. The van der Waals surface area contributed by atoms with Gasteiger partial charge in [0.2, 0.25) is 17.7 Å². The quantitative estimate of drug-likeness (QED) is 0.519. The summed E-state index contributed by atoms with van der Waals surface area (Å²) in [7, 11) is 0. The van der Waals surface area contributed by atoms with Gasteiger partial charge in [0.25, 0.3) is 0 Å². The molecule has 3 saturated heterocycles. The minimum atomic E-state index is -0.680. The number of unbranched alkanes of at least 4 members (excludes halogenated alkanes) is 1. The summed E-state index contributed by atoms with van der Waals surface area (Å²) in [5.74, 6) is -1.64. The molecule has 6 atom stereocenters. The van der Waals surface area contributed by atoms with Crippen LogP contribution in [0.5, 0.6) is 0 Å². The first kappa shape index (κ1) is 23.1. The lowest BCUT2D eigenvalue weighted by Gasteiger charge is -2.36. The Balaban J connectivity index is 1.69. The van der Waals surface area contributed by atoms with Gasteiger partial charge in [-0.05, 0) is 45.2 Å². The average molecular weight is 460 g/mol. The number of nitrogens with one attached hydrogen (secondary N) is 2. The van der Waals surface area contributed by atoms with Gasteiger partial charge in [-0.15, -0.1) is 11.8 Å². The van der Waals surface area contributed by atoms with Crippen molar-refractivity contribution in [2.75, 3.05) is 18.5 Å². The van der Waals surface area contributed by atoms with Gasteiger partial charge >= 0.3 is 0 Å². The number of aliphatic hydroxyl groups excluding tert-OH is 1. The normalized spacial score (nSPS) is 33.8. The van der Waals surface area contributed by atoms with Crippen LogP contribution in [0.1, 0.15) is 46.5 Å². The van der Waals surface area contributed by atoms with Crippen molar-refractivity contribution in [3.63, 3.8) is 0 Å². The molecule has 4 rings (SSSR count). The summed E-state index contributed by atoms with van der Waals surface area (Å²) < 4.78 is -1.06. The van der Waals surface area contributed by atoms with Crippen LogP contribution in [-0.4, -0.2) is 62.5 Å². The molecule has 1 aromatic carbocycles. The van der Waals surface area contributed by atoms with Crippen molar-refractivity contribution < 1.29 is 19.5 Å². The molecule has 3 aliphatic rings. The minimum absolute atomic E-state index is 0.171. The summed E-state index contributed by atoms with van der Waals surface area (Å²) in [6.07, 6.45) is 3.31. The van der Waals surface area contributed by atoms with Crippen molar-refractivity contribution >= 4 is 35.2 Å². The topological polar surface area (TPSA) is 98.7 Å². The number of rotatable bonds is 8. The highest BCUT2D eigenvalue weighted by Gasteiger charge is 2.77. The Morgan fingerprint density at radius 3 is 2.62 bits per heavy atom. The SMILES string of the molecule is CCCCNC(=O)C1N([C@H](C)CO)C(=O)[C@@H]2[C@H](C(=O)Nc3ccccc3)[C@]3(C)CCC12S3. The summed E-state index contributed by atoms with van der Waals surface area (Å²) >= 11 is 1.64. The number of nitrogens with zero attached hydrogens (tertiary/aromatic N) is 1. The highest BCUT2D eigenvalue weighted by atomic mass is 32.2. The summed E-state index contributed by atoms with van der Waals surface area (Å²) in [5.41, 5.74) is 0.697. The van der Waals surface area contributed by atoms with E-state index in [0.717, 1.165) is 19.3 Å². The highest BCUT2D eigenvalue weighted by molar-refractivity contribution is 8.02. The Kier molecular flexibility index (Phi) is 6.29. The number of carbonyl (C=O) groups is 3. The first-order chi connectivity index (χ1) is 15.3. The van der Waals surface area contributed by atoms with Crippen LogP contribution in [0.4, 0.5) is 5.69 Å². The maximum Gasteiger partial charge on any atom is 0.244 e. The van der Waals surface area contributed by atoms with E-state index in [9.17, 15) is 19.5 Å². The molecule has 2 unspecified atom stereocenters. The van der Waals surface area contributed by atoms with Crippen LogP contribution < -0.4 is 10.6 Å². The number of carbonyl (C=O) groups excluding carboxylic acids is 3. The number of aliphatic hydroxyl groups is 1. The van der Waals surface area contributed by atoms with Crippen LogP contribution in [0.2, 0.25) is 0 Å². The van der Waals surface area contributed by atoms with Crippen LogP contribution in [0.15, 0.2) is 30.3 Å². The van der Waals surface area contributed by atoms with Crippen LogP contribution in [0.3, 0.4) is 0 Å². The molecule has 0 aromatic heterocycles. The van der Waals surface area contributed by atoms with Gasteiger partial charge in [-0.2, -0.15) is 0 Å². The van der Waals surface area contributed by atoms with Gasteiger partial charge in [0.15, 0.2) is 0 Å². The van der Waals surface area contributed by atoms with Gasteiger partial charge in [0.1, 0.15) is 6.04 Å². The molecule has 0 saturated carbocycles. The van der Waals surface area contributed by atoms with Crippen LogP contribution >= 0.6 is 11.8 Å². The summed E-state index contributed by atoms with van der Waals surface area (Å²) in [6, 6.07) is 8.09. The molecule has 0 radical (unpaired) electrons. The van der Waals surface area contributed by atoms with E-state index in [-0.39, 0.29) is 24.3 Å². The van der Waals surface area contributed by atoms with E-state index in [0.29, 0.717) is 18.7 Å².